The zero-order valence-electron chi connectivity index (χ0n) is 18.4. The summed E-state index contributed by atoms with van der Waals surface area (Å²) in [6.45, 7) is 0.248. The third-order valence-corrected chi connectivity index (χ3v) is 5.51. The van der Waals surface area contributed by atoms with Gasteiger partial charge >= 0.3 is 0 Å². The van der Waals surface area contributed by atoms with Gasteiger partial charge in [-0.1, -0.05) is 24.3 Å². The second-order valence-corrected chi connectivity index (χ2v) is 7.72. The zero-order chi connectivity index (χ0) is 22.7. The molecule has 0 heterocycles. The molecule has 2 N–H and O–H groups in total. The lowest BCUT2D eigenvalue weighted by Crippen LogP contribution is -2.25. The largest absolute Gasteiger partial charge is 0.493 e. The number of ether oxygens (including phenoxy) is 3. The summed E-state index contributed by atoms with van der Waals surface area (Å²) in [6, 6.07) is 15.0. The summed E-state index contributed by atoms with van der Waals surface area (Å²) in [6.07, 6.45) is 1.78. The fraction of sp³-hybridized carbons (Fsp3) is 0.280. The fourth-order valence-electron chi connectivity index (χ4n) is 3.63. The van der Waals surface area contributed by atoms with E-state index in [4.69, 9.17) is 14.2 Å². The van der Waals surface area contributed by atoms with E-state index in [0.717, 1.165) is 29.2 Å². The highest BCUT2D eigenvalue weighted by Crippen LogP contribution is 2.38. The molecule has 0 atom stereocenters. The summed E-state index contributed by atoms with van der Waals surface area (Å²) in [5.41, 5.74) is 1.73. The van der Waals surface area contributed by atoms with Crippen molar-refractivity contribution in [1.82, 2.24) is 5.32 Å². The maximum absolute atomic E-state index is 13.1. The van der Waals surface area contributed by atoms with Gasteiger partial charge in [0.2, 0.25) is 11.7 Å². The van der Waals surface area contributed by atoms with Crippen molar-refractivity contribution < 1.29 is 23.8 Å². The molecular formula is C25H26N2O5. The second kappa shape index (κ2) is 9.18. The van der Waals surface area contributed by atoms with Crippen LogP contribution in [0.5, 0.6) is 17.2 Å². The maximum atomic E-state index is 13.1. The van der Waals surface area contributed by atoms with E-state index in [1.165, 1.54) is 0 Å². The first-order valence-electron chi connectivity index (χ1n) is 10.4. The normalized spacial score (nSPS) is 12.8. The maximum Gasteiger partial charge on any atom is 0.253 e. The molecule has 3 aromatic carbocycles. The van der Waals surface area contributed by atoms with Gasteiger partial charge in [0, 0.05) is 12.5 Å². The molecule has 0 aromatic heterocycles. The van der Waals surface area contributed by atoms with E-state index in [-0.39, 0.29) is 24.3 Å². The van der Waals surface area contributed by atoms with Crippen molar-refractivity contribution in [3.63, 3.8) is 0 Å². The highest BCUT2D eigenvalue weighted by Gasteiger charge is 2.30. The summed E-state index contributed by atoms with van der Waals surface area (Å²) >= 11 is 0. The van der Waals surface area contributed by atoms with Gasteiger partial charge in [-0.3, -0.25) is 9.59 Å². The van der Waals surface area contributed by atoms with E-state index < -0.39 is 0 Å². The van der Waals surface area contributed by atoms with Crippen molar-refractivity contribution in [2.45, 2.75) is 19.4 Å². The molecule has 1 aliphatic rings. The average molecular weight is 434 g/mol. The molecule has 0 unspecified atom stereocenters. The Hall–Kier alpha value is -3.74. The van der Waals surface area contributed by atoms with Crippen LogP contribution in [0.4, 0.5) is 5.69 Å². The molecule has 1 fully saturated rings. The SMILES string of the molecule is COc1cc(CNC(=O)c2cc3ccccc3cc2NC(=O)C2CC2)cc(OC)c1OC. The number of nitrogens with one attached hydrogen (secondary N) is 2. The van der Waals surface area contributed by atoms with E-state index in [1.54, 1.807) is 33.5 Å². The number of benzene rings is 3. The first kappa shape index (κ1) is 21.5. The molecule has 3 aromatic rings. The standard InChI is InChI=1S/C25H26N2O5/c1-30-21-10-15(11-22(31-2)23(21)32-3)14-26-25(29)19-12-17-6-4-5-7-18(17)13-20(19)27-24(28)16-8-9-16/h4-7,10-13,16H,8-9,14H2,1-3H3,(H,26,29)(H,27,28). The summed E-state index contributed by atoms with van der Waals surface area (Å²) in [7, 11) is 4.63. The minimum atomic E-state index is -0.282. The average Bonchev–Trinajstić information content (AvgIpc) is 3.67. The molecule has 7 nitrogen and oxygen atoms in total. The Labute approximate surface area is 186 Å². The van der Waals surface area contributed by atoms with Crippen LogP contribution in [-0.4, -0.2) is 33.1 Å². The number of anilines is 1. The summed E-state index contributed by atoms with van der Waals surface area (Å²) in [5.74, 6) is 1.23. The van der Waals surface area contributed by atoms with Gasteiger partial charge in [0.15, 0.2) is 11.5 Å². The Morgan fingerprint density at radius 3 is 2.09 bits per heavy atom. The van der Waals surface area contributed by atoms with Gasteiger partial charge in [-0.15, -0.1) is 0 Å². The predicted molar refractivity (Wildman–Crippen MR) is 123 cm³/mol. The fourth-order valence-corrected chi connectivity index (χ4v) is 3.63. The summed E-state index contributed by atoms with van der Waals surface area (Å²) in [4.78, 5) is 25.5. The molecule has 4 rings (SSSR count). The number of fused-ring (bicyclic) bond motifs is 1. The number of amides is 2. The van der Waals surface area contributed by atoms with E-state index in [0.29, 0.717) is 28.5 Å². The predicted octanol–water partition coefficient (Wildman–Crippen LogP) is 4.14. The topological polar surface area (TPSA) is 85.9 Å². The van der Waals surface area contributed by atoms with Gasteiger partial charge in [-0.05, 0) is 53.4 Å². The molecule has 166 valence electrons. The quantitative estimate of drug-likeness (QED) is 0.556. The number of carbonyl (C=O) groups is 2. The highest BCUT2D eigenvalue weighted by atomic mass is 16.5. The Balaban J connectivity index is 1.60. The van der Waals surface area contributed by atoms with Crippen LogP contribution in [-0.2, 0) is 11.3 Å². The van der Waals surface area contributed by atoms with Crippen LogP contribution in [0.3, 0.4) is 0 Å². The molecule has 0 radical (unpaired) electrons. The Morgan fingerprint density at radius 1 is 0.906 bits per heavy atom. The van der Waals surface area contributed by atoms with Crippen molar-refractivity contribution in [3.8, 4) is 17.2 Å². The highest BCUT2D eigenvalue weighted by molar-refractivity contribution is 6.08. The van der Waals surface area contributed by atoms with Crippen LogP contribution in [0.25, 0.3) is 10.8 Å². The van der Waals surface area contributed by atoms with Gasteiger partial charge in [0.25, 0.3) is 5.91 Å². The summed E-state index contributed by atoms with van der Waals surface area (Å²) in [5, 5.41) is 7.76. The van der Waals surface area contributed by atoms with Crippen LogP contribution in [0.2, 0.25) is 0 Å². The molecule has 0 saturated heterocycles. The Kier molecular flexibility index (Phi) is 6.16. The molecule has 0 spiro atoms. The van der Waals surface area contributed by atoms with Crippen molar-refractivity contribution in [2.24, 2.45) is 5.92 Å². The monoisotopic (exact) mass is 434 g/mol. The number of carbonyl (C=O) groups excluding carboxylic acids is 2. The van der Waals surface area contributed by atoms with Gasteiger partial charge in [0.1, 0.15) is 0 Å². The van der Waals surface area contributed by atoms with Crippen molar-refractivity contribution in [3.05, 3.63) is 59.7 Å². The Bertz CT molecular complexity index is 1150. The molecule has 1 saturated carbocycles. The minimum Gasteiger partial charge on any atom is -0.493 e. The van der Waals surface area contributed by atoms with Gasteiger partial charge in [0.05, 0.1) is 32.6 Å². The number of methoxy groups -OCH3 is 3. The van der Waals surface area contributed by atoms with Crippen molar-refractivity contribution >= 4 is 28.3 Å². The second-order valence-electron chi connectivity index (χ2n) is 7.72. The molecular weight excluding hydrogens is 408 g/mol. The van der Waals surface area contributed by atoms with Crippen LogP contribution in [0.1, 0.15) is 28.8 Å². The van der Waals surface area contributed by atoms with Crippen molar-refractivity contribution in [1.29, 1.82) is 0 Å². The van der Waals surface area contributed by atoms with Crippen LogP contribution < -0.4 is 24.8 Å². The molecule has 1 aliphatic carbocycles. The van der Waals surface area contributed by atoms with E-state index in [2.05, 4.69) is 10.6 Å². The lowest BCUT2D eigenvalue weighted by molar-refractivity contribution is -0.117. The summed E-state index contributed by atoms with van der Waals surface area (Å²) < 4.78 is 16.1. The third-order valence-electron chi connectivity index (χ3n) is 5.51. The third kappa shape index (κ3) is 4.46. The molecule has 0 bridgehead atoms. The minimum absolute atomic E-state index is 0.0385. The van der Waals surface area contributed by atoms with Crippen LogP contribution >= 0.6 is 0 Å². The van der Waals surface area contributed by atoms with Gasteiger partial charge in [-0.25, -0.2) is 0 Å². The molecule has 2 amide bonds. The molecule has 32 heavy (non-hydrogen) atoms. The van der Waals surface area contributed by atoms with E-state index >= 15 is 0 Å². The van der Waals surface area contributed by atoms with Crippen molar-refractivity contribution in [2.75, 3.05) is 26.6 Å². The van der Waals surface area contributed by atoms with E-state index in [1.807, 2.05) is 36.4 Å². The number of hydrogen-bond donors (Lipinski definition) is 2. The lowest BCUT2D eigenvalue weighted by Gasteiger charge is -2.16. The first-order chi connectivity index (χ1) is 15.5. The Morgan fingerprint density at radius 2 is 1.53 bits per heavy atom. The number of rotatable bonds is 8. The molecule has 7 heteroatoms. The van der Waals surface area contributed by atoms with Crippen LogP contribution in [0, 0.1) is 5.92 Å². The van der Waals surface area contributed by atoms with Gasteiger partial charge in [-0.2, -0.15) is 0 Å². The zero-order valence-corrected chi connectivity index (χ0v) is 18.4. The smallest absolute Gasteiger partial charge is 0.253 e. The van der Waals surface area contributed by atoms with Gasteiger partial charge < -0.3 is 24.8 Å². The van der Waals surface area contributed by atoms with E-state index in [9.17, 15) is 9.59 Å². The van der Waals surface area contributed by atoms with Crippen LogP contribution in [0.15, 0.2) is 48.5 Å². The first-order valence-corrected chi connectivity index (χ1v) is 10.4. The lowest BCUT2D eigenvalue weighted by atomic mass is 10.0. The number of hydrogen-bond acceptors (Lipinski definition) is 5. The molecule has 0 aliphatic heterocycles.